The lowest BCUT2D eigenvalue weighted by atomic mass is 9.93. The first-order chi connectivity index (χ1) is 23.9. The van der Waals surface area contributed by atoms with Gasteiger partial charge in [0.1, 0.15) is 0 Å². The summed E-state index contributed by atoms with van der Waals surface area (Å²) in [6.45, 7) is 3.75. The predicted octanol–water partition coefficient (Wildman–Crippen LogP) is 6.14. The Balaban J connectivity index is 1.21. The van der Waals surface area contributed by atoms with Crippen LogP contribution in [0.5, 0.6) is 17.2 Å². The first kappa shape index (κ1) is 33.7. The van der Waals surface area contributed by atoms with Gasteiger partial charge in [-0.15, -0.1) is 0 Å². The van der Waals surface area contributed by atoms with Crippen LogP contribution in [0.3, 0.4) is 0 Å². The van der Waals surface area contributed by atoms with E-state index in [9.17, 15) is 4.79 Å². The minimum Gasteiger partial charge on any atom is -0.493 e. The SMILES string of the molecule is CCC(c1ccccn1)C(N1CCC(Nc2nc3c(Cc4ccccn4)cccc3[nH]2)CC1)N(C)C(=O)c1cc(OC)c(OC)c(OC)c1. The van der Waals surface area contributed by atoms with Crippen LogP contribution in [0.2, 0.25) is 0 Å². The molecule has 1 aliphatic heterocycles. The normalized spacial score (nSPS) is 15.0. The second kappa shape index (κ2) is 15.4. The molecule has 0 spiro atoms. The summed E-state index contributed by atoms with van der Waals surface area (Å²) in [5, 5.41) is 3.67. The zero-order valence-electron chi connectivity index (χ0n) is 28.8. The fourth-order valence-corrected chi connectivity index (χ4v) is 6.97. The Morgan fingerprint density at radius 1 is 0.959 bits per heavy atom. The first-order valence-electron chi connectivity index (χ1n) is 16.8. The number of amides is 1. The van der Waals surface area contributed by atoms with Gasteiger partial charge in [0.25, 0.3) is 5.91 Å². The summed E-state index contributed by atoms with van der Waals surface area (Å²) in [5.41, 5.74) is 5.53. The van der Waals surface area contributed by atoms with Crippen LogP contribution in [-0.4, -0.2) is 89.3 Å². The molecule has 0 radical (unpaired) electrons. The third kappa shape index (κ3) is 7.31. The summed E-state index contributed by atoms with van der Waals surface area (Å²) in [5.74, 6) is 1.95. The van der Waals surface area contributed by atoms with Gasteiger partial charge < -0.3 is 29.4 Å². The van der Waals surface area contributed by atoms with E-state index in [1.165, 1.54) is 0 Å². The lowest BCUT2D eigenvalue weighted by Gasteiger charge is -2.45. The highest BCUT2D eigenvalue weighted by Crippen LogP contribution is 2.39. The molecule has 256 valence electrons. The molecule has 11 nitrogen and oxygen atoms in total. The van der Waals surface area contributed by atoms with Crippen molar-refractivity contribution in [3.05, 3.63) is 102 Å². The molecule has 1 amide bonds. The molecule has 2 unspecified atom stereocenters. The number of rotatable bonds is 13. The van der Waals surface area contributed by atoms with Crippen molar-refractivity contribution in [3.8, 4) is 17.2 Å². The fraction of sp³-hybridized carbons (Fsp3) is 0.368. The van der Waals surface area contributed by atoms with Crippen molar-refractivity contribution in [1.29, 1.82) is 0 Å². The minimum absolute atomic E-state index is 0.00500. The smallest absolute Gasteiger partial charge is 0.255 e. The van der Waals surface area contributed by atoms with Crippen LogP contribution in [-0.2, 0) is 6.42 Å². The maximum absolute atomic E-state index is 14.2. The standard InChI is InChI=1S/C38H45N7O4/c1-6-29(30-14-8-10-19-40-30)36(44(2)37(46)26-23-32(47-3)35(49-5)33(24-26)48-4)45-20-16-27(17-21-45)41-38-42-31-15-11-12-25(34(31)43-38)22-28-13-7-9-18-39-28/h7-15,18-19,23-24,27,29,36H,6,16-17,20-22H2,1-5H3,(H2,41,42,43). The van der Waals surface area contributed by atoms with Crippen molar-refractivity contribution in [2.75, 3.05) is 46.8 Å². The van der Waals surface area contributed by atoms with Gasteiger partial charge >= 0.3 is 0 Å². The number of nitrogens with one attached hydrogen (secondary N) is 2. The fourth-order valence-electron chi connectivity index (χ4n) is 6.97. The average molecular weight is 664 g/mol. The number of benzene rings is 2. The zero-order valence-corrected chi connectivity index (χ0v) is 28.8. The molecule has 6 rings (SSSR count). The van der Waals surface area contributed by atoms with Crippen molar-refractivity contribution in [1.82, 2.24) is 29.7 Å². The molecule has 0 aliphatic carbocycles. The number of piperidine rings is 1. The van der Waals surface area contributed by atoms with Gasteiger partial charge in [0.05, 0.1) is 38.5 Å². The number of methoxy groups -OCH3 is 3. The van der Waals surface area contributed by atoms with Crippen molar-refractivity contribution in [2.24, 2.45) is 0 Å². The lowest BCUT2D eigenvalue weighted by molar-refractivity contribution is 0.0194. The Labute approximate surface area is 287 Å². The molecular formula is C38H45N7O4. The number of pyridine rings is 2. The molecule has 3 aromatic heterocycles. The number of ether oxygens (including phenoxy) is 3. The largest absolute Gasteiger partial charge is 0.493 e. The molecule has 2 aromatic carbocycles. The summed E-state index contributed by atoms with van der Waals surface area (Å²) in [4.78, 5) is 36.2. The molecule has 1 fully saturated rings. The molecule has 2 N–H and O–H groups in total. The Morgan fingerprint density at radius 2 is 1.67 bits per heavy atom. The molecular weight excluding hydrogens is 618 g/mol. The summed E-state index contributed by atoms with van der Waals surface area (Å²) < 4.78 is 16.6. The Morgan fingerprint density at radius 3 is 2.29 bits per heavy atom. The van der Waals surface area contributed by atoms with Gasteiger partial charge in [-0.2, -0.15) is 0 Å². The molecule has 0 saturated carbocycles. The molecule has 4 heterocycles. The van der Waals surface area contributed by atoms with Crippen molar-refractivity contribution in [3.63, 3.8) is 0 Å². The summed E-state index contributed by atoms with van der Waals surface area (Å²) in [6.07, 6.45) is 6.73. The number of carbonyl (C=O) groups excluding carboxylic acids is 1. The van der Waals surface area contributed by atoms with E-state index >= 15 is 0 Å². The maximum atomic E-state index is 14.2. The quantitative estimate of drug-likeness (QED) is 0.153. The van der Waals surface area contributed by atoms with E-state index in [-0.39, 0.29) is 24.0 Å². The molecule has 5 aromatic rings. The predicted molar refractivity (Wildman–Crippen MR) is 191 cm³/mol. The monoisotopic (exact) mass is 663 g/mol. The molecule has 2 atom stereocenters. The van der Waals surface area contributed by atoms with Gasteiger partial charge in [0.2, 0.25) is 11.7 Å². The number of aromatic amines is 1. The summed E-state index contributed by atoms with van der Waals surface area (Å²) in [7, 11) is 6.54. The number of hydrogen-bond acceptors (Lipinski definition) is 9. The van der Waals surface area contributed by atoms with E-state index in [1.54, 1.807) is 33.5 Å². The van der Waals surface area contributed by atoms with E-state index in [0.29, 0.717) is 22.8 Å². The number of carbonyl (C=O) groups is 1. The van der Waals surface area contributed by atoms with Gasteiger partial charge in [-0.25, -0.2) is 4.98 Å². The number of aromatic nitrogens is 4. The molecule has 11 heteroatoms. The summed E-state index contributed by atoms with van der Waals surface area (Å²) >= 11 is 0. The number of H-pyrrole nitrogens is 1. The van der Waals surface area contributed by atoms with Crippen LogP contribution in [0, 0.1) is 0 Å². The maximum Gasteiger partial charge on any atom is 0.255 e. The number of likely N-dealkylation sites (N-methyl/N-ethyl adjacent to an activating group) is 1. The third-order valence-corrected chi connectivity index (χ3v) is 9.43. The molecule has 1 saturated heterocycles. The lowest BCUT2D eigenvalue weighted by Crippen LogP contribution is -2.55. The molecule has 1 aliphatic rings. The Hall–Kier alpha value is -5.16. The van der Waals surface area contributed by atoms with Gasteiger partial charge in [0, 0.05) is 67.9 Å². The number of imidazole rings is 1. The van der Waals surface area contributed by atoms with Crippen LogP contribution in [0.1, 0.15) is 59.4 Å². The Kier molecular flexibility index (Phi) is 10.6. The topological polar surface area (TPSA) is 118 Å². The zero-order chi connectivity index (χ0) is 34.3. The number of anilines is 1. The third-order valence-electron chi connectivity index (χ3n) is 9.43. The summed E-state index contributed by atoms with van der Waals surface area (Å²) in [6, 6.07) is 21.8. The van der Waals surface area contributed by atoms with Crippen molar-refractivity contribution >= 4 is 22.9 Å². The van der Waals surface area contributed by atoms with Crippen LogP contribution in [0.25, 0.3) is 11.0 Å². The highest BCUT2D eigenvalue weighted by atomic mass is 16.5. The Bertz CT molecular complexity index is 1820. The van der Waals surface area contributed by atoms with Crippen molar-refractivity contribution in [2.45, 2.75) is 50.7 Å². The van der Waals surface area contributed by atoms with E-state index in [0.717, 1.165) is 72.7 Å². The van der Waals surface area contributed by atoms with Gasteiger partial charge in [0.15, 0.2) is 11.5 Å². The van der Waals surface area contributed by atoms with Crippen LogP contribution in [0.15, 0.2) is 79.1 Å². The second-order valence-corrected chi connectivity index (χ2v) is 12.4. The first-order valence-corrected chi connectivity index (χ1v) is 16.8. The van der Waals surface area contributed by atoms with Gasteiger partial charge in [-0.3, -0.25) is 19.7 Å². The van der Waals surface area contributed by atoms with E-state index in [4.69, 9.17) is 24.2 Å². The highest BCUT2D eigenvalue weighted by Gasteiger charge is 2.37. The molecule has 0 bridgehead atoms. The van der Waals surface area contributed by atoms with Crippen LogP contribution >= 0.6 is 0 Å². The van der Waals surface area contributed by atoms with E-state index in [1.807, 2.05) is 54.7 Å². The average Bonchev–Trinajstić information content (AvgIpc) is 3.57. The van der Waals surface area contributed by atoms with Crippen LogP contribution < -0.4 is 19.5 Å². The minimum atomic E-state index is -0.229. The molecule has 49 heavy (non-hydrogen) atoms. The van der Waals surface area contributed by atoms with E-state index < -0.39 is 0 Å². The number of likely N-dealkylation sites (tertiary alicyclic amines) is 1. The second-order valence-electron chi connectivity index (χ2n) is 12.4. The van der Waals surface area contributed by atoms with Crippen LogP contribution in [0.4, 0.5) is 5.95 Å². The highest BCUT2D eigenvalue weighted by molar-refractivity contribution is 5.95. The van der Waals surface area contributed by atoms with Crippen molar-refractivity contribution < 1.29 is 19.0 Å². The number of nitrogens with zero attached hydrogens (tertiary/aromatic N) is 5. The number of hydrogen-bond donors (Lipinski definition) is 2. The van der Waals surface area contributed by atoms with E-state index in [2.05, 4.69) is 51.4 Å². The number of para-hydroxylation sites is 1. The number of fused-ring (bicyclic) bond motifs is 1. The van der Waals surface area contributed by atoms with Gasteiger partial charge in [-0.1, -0.05) is 31.2 Å². The van der Waals surface area contributed by atoms with Gasteiger partial charge in [-0.05, 0) is 67.3 Å².